The second-order valence-electron chi connectivity index (χ2n) is 7.62. The van der Waals surface area contributed by atoms with Gasteiger partial charge in [0.2, 0.25) is 5.95 Å². The van der Waals surface area contributed by atoms with Crippen LogP contribution in [-0.2, 0) is 11.8 Å². The lowest BCUT2D eigenvalue weighted by Crippen LogP contribution is -2.41. The molecule has 30 heavy (non-hydrogen) atoms. The van der Waals surface area contributed by atoms with Crippen molar-refractivity contribution in [1.82, 2.24) is 14.5 Å². The van der Waals surface area contributed by atoms with Crippen molar-refractivity contribution < 1.29 is 9.47 Å². The Kier molecular flexibility index (Phi) is 5.81. The minimum Gasteiger partial charge on any atom is -0.491 e. The van der Waals surface area contributed by atoms with E-state index in [1.165, 1.54) is 0 Å². The van der Waals surface area contributed by atoms with Crippen molar-refractivity contribution >= 4 is 5.95 Å². The minimum absolute atomic E-state index is 0.0952. The van der Waals surface area contributed by atoms with Crippen LogP contribution in [-0.4, -0.2) is 40.3 Å². The summed E-state index contributed by atoms with van der Waals surface area (Å²) in [5, 5.41) is 0. The molecule has 1 aliphatic heterocycles. The molecule has 1 aliphatic rings. The minimum atomic E-state index is -0.129. The molecule has 1 aromatic carbocycles. The maximum atomic E-state index is 12.6. The third-order valence-electron chi connectivity index (χ3n) is 5.04. The Bertz CT molecular complexity index is 1070. The molecule has 0 saturated carbocycles. The van der Waals surface area contributed by atoms with Crippen molar-refractivity contribution in [3.63, 3.8) is 0 Å². The molecule has 3 aromatic rings. The number of benzene rings is 1. The second kappa shape index (κ2) is 8.67. The number of hydrogen-bond donors (Lipinski definition) is 0. The highest BCUT2D eigenvalue weighted by Gasteiger charge is 2.25. The van der Waals surface area contributed by atoms with Crippen molar-refractivity contribution in [3.8, 4) is 17.0 Å². The molecule has 4 rings (SSSR count). The fourth-order valence-corrected chi connectivity index (χ4v) is 3.57. The van der Waals surface area contributed by atoms with E-state index in [2.05, 4.69) is 9.88 Å². The van der Waals surface area contributed by atoms with E-state index >= 15 is 0 Å². The number of nitrogens with zero attached hydrogens (tertiary/aromatic N) is 4. The van der Waals surface area contributed by atoms with E-state index in [0.29, 0.717) is 31.3 Å². The molecule has 0 bridgehead atoms. The number of ether oxygens (including phenoxy) is 2. The molecule has 7 nitrogen and oxygen atoms in total. The van der Waals surface area contributed by atoms with Crippen LogP contribution in [0.3, 0.4) is 0 Å². The summed E-state index contributed by atoms with van der Waals surface area (Å²) in [7, 11) is 1.75. The van der Waals surface area contributed by atoms with E-state index in [1.54, 1.807) is 30.1 Å². The average Bonchev–Trinajstić information content (AvgIpc) is 2.76. The highest BCUT2D eigenvalue weighted by molar-refractivity contribution is 5.59. The predicted molar refractivity (Wildman–Crippen MR) is 116 cm³/mol. The molecule has 7 heteroatoms. The van der Waals surface area contributed by atoms with E-state index in [0.717, 1.165) is 16.9 Å². The van der Waals surface area contributed by atoms with Crippen LogP contribution in [0.5, 0.6) is 5.75 Å². The van der Waals surface area contributed by atoms with Gasteiger partial charge in [0.1, 0.15) is 11.9 Å². The largest absolute Gasteiger partial charge is 0.491 e. The van der Waals surface area contributed by atoms with Gasteiger partial charge in [0, 0.05) is 37.6 Å². The van der Waals surface area contributed by atoms with Gasteiger partial charge in [-0.2, -0.15) is 0 Å². The quantitative estimate of drug-likeness (QED) is 0.648. The molecule has 0 radical (unpaired) electrons. The van der Waals surface area contributed by atoms with Gasteiger partial charge in [-0.15, -0.1) is 0 Å². The van der Waals surface area contributed by atoms with Crippen LogP contribution < -0.4 is 15.2 Å². The standard InChI is InChI=1S/C23H26N4O3/c1-16(2)30-19-6-4-5-18(13-19)21-15-27(11-12-29-21)23-25-20(14-22(28)26(23)3)17-7-9-24-10-8-17/h4-10,13-14,16,21H,11-12,15H2,1-3H3. The Labute approximate surface area is 175 Å². The molecule has 1 unspecified atom stereocenters. The Morgan fingerprint density at radius 2 is 1.97 bits per heavy atom. The lowest BCUT2D eigenvalue weighted by molar-refractivity contribution is 0.0387. The average molecular weight is 406 g/mol. The zero-order chi connectivity index (χ0) is 21.1. The van der Waals surface area contributed by atoms with Crippen LogP contribution in [0.25, 0.3) is 11.3 Å². The van der Waals surface area contributed by atoms with Crippen molar-refractivity contribution in [2.45, 2.75) is 26.1 Å². The van der Waals surface area contributed by atoms with Gasteiger partial charge in [0.15, 0.2) is 0 Å². The summed E-state index contributed by atoms with van der Waals surface area (Å²) >= 11 is 0. The van der Waals surface area contributed by atoms with Gasteiger partial charge in [-0.3, -0.25) is 14.3 Å². The molecule has 1 atom stereocenters. The molecule has 2 aromatic heterocycles. The first kappa shape index (κ1) is 20.1. The normalized spacial score (nSPS) is 16.7. The fraction of sp³-hybridized carbons (Fsp3) is 0.348. The van der Waals surface area contributed by atoms with Crippen molar-refractivity contribution in [2.75, 3.05) is 24.6 Å². The Balaban J connectivity index is 1.62. The summed E-state index contributed by atoms with van der Waals surface area (Å²) in [5.41, 5.74) is 2.47. The topological polar surface area (TPSA) is 69.5 Å². The molecule has 0 aliphatic carbocycles. The monoisotopic (exact) mass is 406 g/mol. The molecular formula is C23H26N4O3. The Morgan fingerprint density at radius 1 is 1.17 bits per heavy atom. The zero-order valence-electron chi connectivity index (χ0n) is 17.5. The number of pyridine rings is 1. The van der Waals surface area contributed by atoms with E-state index < -0.39 is 0 Å². The van der Waals surface area contributed by atoms with Crippen LogP contribution >= 0.6 is 0 Å². The highest BCUT2D eigenvalue weighted by atomic mass is 16.5. The summed E-state index contributed by atoms with van der Waals surface area (Å²) in [6.07, 6.45) is 3.38. The first-order chi connectivity index (χ1) is 14.5. The van der Waals surface area contributed by atoms with Crippen molar-refractivity contribution in [1.29, 1.82) is 0 Å². The summed E-state index contributed by atoms with van der Waals surface area (Å²) in [5.74, 6) is 1.46. The molecule has 0 spiro atoms. The molecule has 1 fully saturated rings. The maximum absolute atomic E-state index is 12.6. The molecule has 0 amide bonds. The van der Waals surface area contributed by atoms with E-state index in [-0.39, 0.29) is 17.8 Å². The third kappa shape index (κ3) is 4.36. The fourth-order valence-electron chi connectivity index (χ4n) is 3.57. The second-order valence-corrected chi connectivity index (χ2v) is 7.62. The smallest absolute Gasteiger partial charge is 0.255 e. The molecule has 156 valence electrons. The zero-order valence-corrected chi connectivity index (χ0v) is 17.5. The van der Waals surface area contributed by atoms with Gasteiger partial charge in [0.25, 0.3) is 5.56 Å². The number of rotatable bonds is 5. The SMILES string of the molecule is CC(C)Oc1cccc(C2CN(c3nc(-c4ccncc4)cc(=O)n3C)CCO2)c1. The Morgan fingerprint density at radius 3 is 2.73 bits per heavy atom. The van der Waals surface area contributed by atoms with Crippen molar-refractivity contribution in [3.05, 3.63) is 70.8 Å². The van der Waals surface area contributed by atoms with Crippen LogP contribution in [0, 0.1) is 0 Å². The summed E-state index contributed by atoms with van der Waals surface area (Å²) < 4.78 is 13.5. The van der Waals surface area contributed by atoms with Gasteiger partial charge >= 0.3 is 0 Å². The Hall–Kier alpha value is -3.19. The van der Waals surface area contributed by atoms with Gasteiger partial charge in [0.05, 0.1) is 24.9 Å². The van der Waals surface area contributed by atoms with Gasteiger partial charge in [-0.1, -0.05) is 12.1 Å². The maximum Gasteiger partial charge on any atom is 0.255 e. The van der Waals surface area contributed by atoms with Crippen LogP contribution in [0.2, 0.25) is 0 Å². The number of morpholine rings is 1. The van der Waals surface area contributed by atoms with Gasteiger partial charge in [-0.25, -0.2) is 4.98 Å². The van der Waals surface area contributed by atoms with E-state index in [9.17, 15) is 4.79 Å². The third-order valence-corrected chi connectivity index (χ3v) is 5.04. The predicted octanol–water partition coefficient (Wildman–Crippen LogP) is 3.21. The number of aromatic nitrogens is 3. The summed E-state index contributed by atoms with van der Waals surface area (Å²) in [4.78, 5) is 23.6. The molecular weight excluding hydrogens is 380 g/mol. The number of anilines is 1. The van der Waals surface area contributed by atoms with Crippen molar-refractivity contribution in [2.24, 2.45) is 7.05 Å². The van der Waals surface area contributed by atoms with E-state index in [1.807, 2.05) is 50.2 Å². The van der Waals surface area contributed by atoms with Gasteiger partial charge < -0.3 is 14.4 Å². The molecule has 1 saturated heterocycles. The first-order valence-electron chi connectivity index (χ1n) is 10.1. The van der Waals surface area contributed by atoms with E-state index in [4.69, 9.17) is 14.5 Å². The van der Waals surface area contributed by atoms with Gasteiger partial charge in [-0.05, 0) is 43.7 Å². The highest BCUT2D eigenvalue weighted by Crippen LogP contribution is 2.28. The molecule has 3 heterocycles. The lowest BCUT2D eigenvalue weighted by atomic mass is 10.1. The first-order valence-corrected chi connectivity index (χ1v) is 10.1. The summed E-state index contributed by atoms with van der Waals surface area (Å²) in [6.45, 7) is 5.83. The van der Waals surface area contributed by atoms with Crippen LogP contribution in [0.15, 0.2) is 59.7 Å². The number of hydrogen-bond acceptors (Lipinski definition) is 6. The van der Waals surface area contributed by atoms with Crippen LogP contribution in [0.1, 0.15) is 25.5 Å². The molecule has 0 N–H and O–H groups in total. The van der Waals surface area contributed by atoms with Crippen LogP contribution in [0.4, 0.5) is 5.95 Å². The lowest BCUT2D eigenvalue weighted by Gasteiger charge is -2.34. The summed E-state index contributed by atoms with van der Waals surface area (Å²) in [6, 6.07) is 13.3.